The van der Waals surface area contributed by atoms with Gasteiger partial charge in [0.1, 0.15) is 0 Å². The van der Waals surface area contributed by atoms with Crippen LogP contribution in [-0.4, -0.2) is 7.05 Å². The van der Waals surface area contributed by atoms with Crippen molar-refractivity contribution in [2.45, 2.75) is 0 Å². The Morgan fingerprint density at radius 2 is 2.09 bits per heavy atom. The van der Waals surface area contributed by atoms with Gasteiger partial charge in [0, 0.05) is 12.6 Å². The minimum Gasteiger partial charge on any atom is -0.380 e. The average Bonchev–Trinajstić information content (AvgIpc) is 2.30. The maximum absolute atomic E-state index is 5.27. The lowest BCUT2D eigenvalue weighted by atomic mass is 10.2. The van der Waals surface area contributed by atoms with Gasteiger partial charge in [0.15, 0.2) is 5.76 Å². The van der Waals surface area contributed by atoms with Crippen LogP contribution in [-0.2, 0) is 4.84 Å². The van der Waals surface area contributed by atoms with Gasteiger partial charge in [-0.25, -0.2) is 5.06 Å². The number of rotatable bonds is 0. The van der Waals surface area contributed by atoms with Crippen molar-refractivity contribution in [2.24, 2.45) is 0 Å². The summed E-state index contributed by atoms with van der Waals surface area (Å²) < 4.78 is 0. The Balaban J connectivity index is 2.60. The van der Waals surface area contributed by atoms with E-state index in [4.69, 9.17) is 4.84 Å². The van der Waals surface area contributed by atoms with Crippen molar-refractivity contribution in [1.82, 2.24) is 0 Å². The maximum Gasteiger partial charge on any atom is 0.157 e. The zero-order valence-electron chi connectivity index (χ0n) is 6.37. The second-order valence-corrected chi connectivity index (χ2v) is 2.53. The topological polar surface area (TPSA) is 12.5 Å². The van der Waals surface area contributed by atoms with Crippen molar-refractivity contribution in [1.29, 1.82) is 0 Å². The first-order valence-corrected chi connectivity index (χ1v) is 3.49. The molecule has 2 nitrogen and oxygen atoms in total. The Morgan fingerprint density at radius 1 is 1.36 bits per heavy atom. The zero-order valence-corrected chi connectivity index (χ0v) is 6.37. The highest BCUT2D eigenvalue weighted by atomic mass is 16.7. The summed E-state index contributed by atoms with van der Waals surface area (Å²) in [5.74, 6) is 0.725. The minimum atomic E-state index is 0.725. The molecule has 1 heterocycles. The van der Waals surface area contributed by atoms with Gasteiger partial charge in [-0.2, -0.15) is 0 Å². The molecule has 11 heavy (non-hydrogen) atoms. The first-order chi connectivity index (χ1) is 5.29. The van der Waals surface area contributed by atoms with Crippen molar-refractivity contribution < 1.29 is 4.84 Å². The molecule has 0 aromatic heterocycles. The van der Waals surface area contributed by atoms with Gasteiger partial charge in [-0.3, -0.25) is 0 Å². The number of anilines is 1. The molecule has 1 aliphatic rings. The zero-order chi connectivity index (χ0) is 7.84. The SMILES string of the molecule is C=C1ON(C)c2ccccc21. The van der Waals surface area contributed by atoms with E-state index in [1.807, 2.05) is 31.3 Å². The van der Waals surface area contributed by atoms with Crippen molar-refractivity contribution in [3.63, 3.8) is 0 Å². The highest BCUT2D eigenvalue weighted by Gasteiger charge is 2.19. The highest BCUT2D eigenvalue weighted by molar-refractivity contribution is 5.76. The molecule has 2 rings (SSSR count). The molecule has 0 atom stereocenters. The van der Waals surface area contributed by atoms with E-state index in [-0.39, 0.29) is 0 Å². The van der Waals surface area contributed by atoms with E-state index in [0.717, 1.165) is 17.0 Å². The van der Waals surface area contributed by atoms with Gasteiger partial charge in [0.2, 0.25) is 0 Å². The van der Waals surface area contributed by atoms with Gasteiger partial charge in [-0.1, -0.05) is 18.7 Å². The average molecular weight is 147 g/mol. The number of hydrogen-bond donors (Lipinski definition) is 0. The normalized spacial score (nSPS) is 14.6. The number of para-hydroxylation sites is 1. The molecular formula is C9H9NO. The Morgan fingerprint density at radius 3 is 2.82 bits per heavy atom. The molecule has 1 aromatic carbocycles. The second kappa shape index (κ2) is 2.02. The van der Waals surface area contributed by atoms with Crippen molar-refractivity contribution in [3.05, 3.63) is 36.4 Å². The molecule has 1 aliphatic heterocycles. The van der Waals surface area contributed by atoms with Gasteiger partial charge in [0.05, 0.1) is 5.69 Å². The molecule has 2 heteroatoms. The van der Waals surface area contributed by atoms with E-state index in [1.54, 1.807) is 5.06 Å². The summed E-state index contributed by atoms with van der Waals surface area (Å²) in [5, 5.41) is 1.72. The van der Waals surface area contributed by atoms with Crippen molar-refractivity contribution >= 4 is 11.4 Å². The first-order valence-electron chi connectivity index (χ1n) is 3.49. The van der Waals surface area contributed by atoms with Crippen LogP contribution in [0.25, 0.3) is 5.76 Å². The predicted octanol–water partition coefficient (Wildman–Crippen LogP) is 2.04. The van der Waals surface area contributed by atoms with Crippen LogP contribution in [0.4, 0.5) is 5.69 Å². The molecule has 1 aromatic rings. The van der Waals surface area contributed by atoms with E-state index in [0.29, 0.717) is 0 Å². The third-order valence-corrected chi connectivity index (χ3v) is 1.79. The number of benzene rings is 1. The predicted molar refractivity (Wildman–Crippen MR) is 45.0 cm³/mol. The molecule has 56 valence electrons. The van der Waals surface area contributed by atoms with E-state index in [9.17, 15) is 0 Å². The Bertz CT molecular complexity index is 306. The molecule has 0 saturated carbocycles. The molecule has 0 aliphatic carbocycles. The monoisotopic (exact) mass is 147 g/mol. The lowest BCUT2D eigenvalue weighted by Crippen LogP contribution is -2.08. The van der Waals surface area contributed by atoms with Crippen LogP contribution in [0.2, 0.25) is 0 Å². The van der Waals surface area contributed by atoms with Crippen LogP contribution in [0.15, 0.2) is 30.8 Å². The van der Waals surface area contributed by atoms with Crippen molar-refractivity contribution in [3.8, 4) is 0 Å². The van der Waals surface area contributed by atoms with E-state index in [2.05, 4.69) is 6.58 Å². The summed E-state index contributed by atoms with van der Waals surface area (Å²) in [6.45, 7) is 3.78. The lowest BCUT2D eigenvalue weighted by Gasteiger charge is -2.08. The quantitative estimate of drug-likeness (QED) is 0.556. The minimum absolute atomic E-state index is 0.725. The van der Waals surface area contributed by atoms with E-state index in [1.165, 1.54) is 0 Å². The van der Waals surface area contributed by atoms with Crippen molar-refractivity contribution in [2.75, 3.05) is 12.1 Å². The molecule has 0 unspecified atom stereocenters. The van der Waals surface area contributed by atoms with Gasteiger partial charge < -0.3 is 4.84 Å². The molecule has 0 spiro atoms. The van der Waals surface area contributed by atoms with E-state index >= 15 is 0 Å². The molecule has 0 fully saturated rings. The summed E-state index contributed by atoms with van der Waals surface area (Å²) in [5.41, 5.74) is 2.16. The largest absolute Gasteiger partial charge is 0.380 e. The molecule has 0 N–H and O–H groups in total. The fourth-order valence-corrected chi connectivity index (χ4v) is 1.25. The van der Waals surface area contributed by atoms with Gasteiger partial charge in [-0.15, -0.1) is 0 Å². The molecular weight excluding hydrogens is 138 g/mol. The second-order valence-electron chi connectivity index (χ2n) is 2.53. The maximum atomic E-state index is 5.27. The molecule has 0 bridgehead atoms. The summed E-state index contributed by atoms with van der Waals surface area (Å²) in [6, 6.07) is 7.97. The smallest absolute Gasteiger partial charge is 0.157 e. The van der Waals surface area contributed by atoms with Gasteiger partial charge >= 0.3 is 0 Å². The third-order valence-electron chi connectivity index (χ3n) is 1.79. The number of nitrogens with zero attached hydrogens (tertiary/aromatic N) is 1. The summed E-state index contributed by atoms with van der Waals surface area (Å²) >= 11 is 0. The fourth-order valence-electron chi connectivity index (χ4n) is 1.25. The van der Waals surface area contributed by atoms with Gasteiger partial charge in [-0.05, 0) is 12.1 Å². The first kappa shape index (κ1) is 6.28. The fraction of sp³-hybridized carbons (Fsp3) is 0.111. The Kier molecular flexibility index (Phi) is 1.15. The molecule has 0 amide bonds. The Labute approximate surface area is 65.7 Å². The lowest BCUT2D eigenvalue weighted by molar-refractivity contribution is 0.281. The summed E-state index contributed by atoms with van der Waals surface area (Å²) in [7, 11) is 1.87. The number of hydroxylamine groups is 1. The van der Waals surface area contributed by atoms with Crippen LogP contribution < -0.4 is 5.06 Å². The standard InChI is InChI=1S/C9H9NO/c1-7-8-5-3-4-6-9(8)10(2)11-7/h3-6H,1H2,2H3. The molecule has 0 saturated heterocycles. The van der Waals surface area contributed by atoms with Crippen LogP contribution in [0.5, 0.6) is 0 Å². The number of fused-ring (bicyclic) bond motifs is 1. The summed E-state index contributed by atoms with van der Waals surface area (Å²) in [4.78, 5) is 5.27. The van der Waals surface area contributed by atoms with Crippen LogP contribution in [0, 0.1) is 0 Å². The van der Waals surface area contributed by atoms with Crippen LogP contribution in [0.3, 0.4) is 0 Å². The Hall–Kier alpha value is -1.44. The molecule has 0 radical (unpaired) electrons. The van der Waals surface area contributed by atoms with E-state index < -0.39 is 0 Å². The summed E-state index contributed by atoms with van der Waals surface area (Å²) in [6.07, 6.45) is 0. The van der Waals surface area contributed by atoms with Gasteiger partial charge in [0.25, 0.3) is 0 Å². The number of hydrogen-bond acceptors (Lipinski definition) is 2. The van der Waals surface area contributed by atoms with Crippen LogP contribution >= 0.6 is 0 Å². The third kappa shape index (κ3) is 0.792. The van der Waals surface area contributed by atoms with Crippen LogP contribution in [0.1, 0.15) is 5.56 Å². The highest BCUT2D eigenvalue weighted by Crippen LogP contribution is 2.33.